The van der Waals surface area contributed by atoms with Crippen LogP contribution in [-0.4, -0.2) is 27.2 Å². The van der Waals surface area contributed by atoms with Gasteiger partial charge in [-0.05, 0) is 79.7 Å². The van der Waals surface area contributed by atoms with E-state index in [2.05, 4.69) is 10.5 Å². The van der Waals surface area contributed by atoms with Gasteiger partial charge in [-0.3, -0.25) is 14.5 Å². The van der Waals surface area contributed by atoms with E-state index in [4.69, 9.17) is 34.4 Å². The van der Waals surface area contributed by atoms with E-state index in [-0.39, 0.29) is 17.7 Å². The van der Waals surface area contributed by atoms with Gasteiger partial charge < -0.3 is 9.30 Å². The first-order valence-corrected chi connectivity index (χ1v) is 11.9. The first kappa shape index (κ1) is 24.0. The lowest BCUT2D eigenvalue weighted by Gasteiger charge is -2.12. The molecule has 0 spiro atoms. The number of imide groups is 1. The topological polar surface area (TPSA) is 51.5 Å². The lowest BCUT2D eigenvalue weighted by molar-refractivity contribution is -0.122. The smallest absolute Gasteiger partial charge is 0.294 e. The van der Waals surface area contributed by atoms with Gasteiger partial charge in [0, 0.05) is 32.7 Å². The largest absolute Gasteiger partial charge is 0.489 e. The van der Waals surface area contributed by atoms with Crippen LogP contribution in [0.4, 0.5) is 4.79 Å². The quantitative estimate of drug-likeness (QED) is 0.275. The number of carbonyl (C=O) groups is 2. The summed E-state index contributed by atoms with van der Waals surface area (Å²) in [6.45, 7) is 4.26. The molecule has 2 amide bonds. The first-order valence-electron chi connectivity index (χ1n) is 10.3. The number of ether oxygens (including phenoxy) is 1. The van der Waals surface area contributed by atoms with Gasteiger partial charge in [-0.15, -0.1) is 6.42 Å². The molecule has 2 heterocycles. The Morgan fingerprint density at radius 2 is 1.82 bits per heavy atom. The molecule has 0 saturated carbocycles. The van der Waals surface area contributed by atoms with Crippen LogP contribution in [0.5, 0.6) is 5.75 Å². The van der Waals surface area contributed by atoms with Crippen molar-refractivity contribution in [1.82, 2.24) is 9.47 Å². The van der Waals surface area contributed by atoms with Crippen molar-refractivity contribution in [2.45, 2.75) is 20.5 Å². The fraction of sp³-hybridized carbons (Fsp3) is 0.154. The van der Waals surface area contributed by atoms with Gasteiger partial charge in [0.1, 0.15) is 12.4 Å². The number of hydrogen-bond donors (Lipinski definition) is 0. The minimum Gasteiger partial charge on any atom is -0.489 e. The molecular formula is C26H20Cl2N2O3S. The van der Waals surface area contributed by atoms with Gasteiger partial charge in [-0.2, -0.15) is 0 Å². The molecule has 1 aliphatic rings. The SMILES string of the molecule is C#CCN1C(=O)S/C(=C/c2cc(C)n(-c3ccc(OCc4ccc(Cl)cc4Cl)cc3)c2C)C1=O. The van der Waals surface area contributed by atoms with Crippen LogP contribution in [0.2, 0.25) is 10.0 Å². The molecule has 0 atom stereocenters. The maximum absolute atomic E-state index is 12.5. The minimum atomic E-state index is -0.361. The van der Waals surface area contributed by atoms with Crippen molar-refractivity contribution in [2.24, 2.45) is 0 Å². The third-order valence-electron chi connectivity index (χ3n) is 5.38. The van der Waals surface area contributed by atoms with Crippen LogP contribution >= 0.6 is 35.0 Å². The molecule has 1 aliphatic heterocycles. The monoisotopic (exact) mass is 510 g/mol. The Morgan fingerprint density at radius 1 is 1.09 bits per heavy atom. The van der Waals surface area contributed by atoms with Gasteiger partial charge in [0.25, 0.3) is 11.1 Å². The number of terminal acetylenes is 1. The third kappa shape index (κ3) is 4.88. The third-order valence-corrected chi connectivity index (χ3v) is 6.88. The molecule has 0 N–H and O–H groups in total. The van der Waals surface area contributed by atoms with E-state index in [9.17, 15) is 9.59 Å². The maximum Gasteiger partial charge on any atom is 0.294 e. The number of nitrogens with zero attached hydrogens (tertiary/aromatic N) is 2. The zero-order chi connectivity index (χ0) is 24.4. The second-order valence-corrected chi connectivity index (χ2v) is 9.49. The highest BCUT2D eigenvalue weighted by atomic mass is 35.5. The molecule has 5 nitrogen and oxygen atoms in total. The summed E-state index contributed by atoms with van der Waals surface area (Å²) in [5.74, 6) is 2.69. The molecule has 1 fully saturated rings. The first-order chi connectivity index (χ1) is 16.3. The highest BCUT2D eigenvalue weighted by Crippen LogP contribution is 2.33. The zero-order valence-corrected chi connectivity index (χ0v) is 20.8. The van der Waals surface area contributed by atoms with Gasteiger partial charge in [0.15, 0.2) is 0 Å². The highest BCUT2D eigenvalue weighted by molar-refractivity contribution is 8.18. The average molecular weight is 511 g/mol. The standard InChI is InChI=1S/C26H20Cl2N2O3S/c1-4-11-29-25(31)24(34-26(29)32)13-19-12-16(2)30(17(19)3)21-7-9-22(10-8-21)33-15-18-5-6-20(27)14-23(18)28/h1,5-10,12-14H,11,15H2,2-3H3/b24-13+. The Hall–Kier alpha value is -3.11. The van der Waals surface area contributed by atoms with Crippen LogP contribution in [0.15, 0.2) is 53.4 Å². The van der Waals surface area contributed by atoms with Crippen molar-refractivity contribution in [3.8, 4) is 23.8 Å². The normalized spacial score (nSPS) is 14.7. The van der Waals surface area contributed by atoms with Crippen molar-refractivity contribution < 1.29 is 14.3 Å². The Bertz CT molecular complexity index is 1350. The number of aryl methyl sites for hydroxylation is 1. The Labute approximate surface area is 212 Å². The predicted octanol–water partition coefficient (Wildman–Crippen LogP) is 6.65. The average Bonchev–Trinajstić information content (AvgIpc) is 3.23. The Kier molecular flexibility index (Phi) is 7.08. The van der Waals surface area contributed by atoms with Gasteiger partial charge in [0.05, 0.1) is 11.4 Å². The fourth-order valence-electron chi connectivity index (χ4n) is 3.69. The number of thioether (sulfide) groups is 1. The van der Waals surface area contributed by atoms with Crippen LogP contribution in [0.1, 0.15) is 22.5 Å². The lowest BCUT2D eigenvalue weighted by atomic mass is 10.2. The van der Waals surface area contributed by atoms with Crippen molar-refractivity contribution in [3.05, 3.63) is 86.0 Å². The van der Waals surface area contributed by atoms with E-state index in [1.165, 1.54) is 0 Å². The van der Waals surface area contributed by atoms with Gasteiger partial charge >= 0.3 is 0 Å². The second kappa shape index (κ2) is 10.0. The second-order valence-electron chi connectivity index (χ2n) is 7.65. The van der Waals surface area contributed by atoms with Gasteiger partial charge in [-0.25, -0.2) is 0 Å². The van der Waals surface area contributed by atoms with Crippen molar-refractivity contribution >= 4 is 52.2 Å². The summed E-state index contributed by atoms with van der Waals surface area (Å²) in [5, 5.41) is 0.795. The molecular weight excluding hydrogens is 491 g/mol. The van der Waals surface area contributed by atoms with Crippen LogP contribution in [-0.2, 0) is 11.4 Å². The van der Waals surface area contributed by atoms with E-state index in [1.54, 1.807) is 18.2 Å². The molecule has 3 aromatic rings. The number of benzene rings is 2. The summed E-state index contributed by atoms with van der Waals surface area (Å²) in [5.41, 5.74) is 4.60. The number of aromatic nitrogens is 1. The summed E-state index contributed by atoms with van der Waals surface area (Å²) in [6, 6.07) is 15.0. The number of carbonyl (C=O) groups excluding carboxylic acids is 2. The number of hydrogen-bond acceptors (Lipinski definition) is 4. The molecule has 172 valence electrons. The number of rotatable bonds is 6. The van der Waals surface area contributed by atoms with E-state index < -0.39 is 0 Å². The van der Waals surface area contributed by atoms with Crippen LogP contribution in [0, 0.1) is 26.2 Å². The molecule has 1 saturated heterocycles. The van der Waals surface area contributed by atoms with Gasteiger partial charge in [0.2, 0.25) is 0 Å². The summed E-state index contributed by atoms with van der Waals surface area (Å²) >= 11 is 13.1. The van der Waals surface area contributed by atoms with E-state index >= 15 is 0 Å². The summed E-state index contributed by atoms with van der Waals surface area (Å²) in [6.07, 6.45) is 7.01. The Morgan fingerprint density at radius 3 is 2.50 bits per heavy atom. The number of halogens is 2. The Balaban J connectivity index is 1.53. The number of amides is 2. The van der Waals surface area contributed by atoms with Crippen LogP contribution < -0.4 is 4.74 Å². The highest BCUT2D eigenvalue weighted by Gasteiger charge is 2.34. The molecule has 8 heteroatoms. The zero-order valence-electron chi connectivity index (χ0n) is 18.5. The maximum atomic E-state index is 12.5. The molecule has 2 aromatic carbocycles. The van der Waals surface area contributed by atoms with E-state index in [0.717, 1.165) is 44.9 Å². The van der Waals surface area contributed by atoms with Crippen LogP contribution in [0.3, 0.4) is 0 Å². The lowest BCUT2D eigenvalue weighted by Crippen LogP contribution is -2.28. The fourth-order valence-corrected chi connectivity index (χ4v) is 4.98. The molecule has 0 unspecified atom stereocenters. The molecule has 1 aromatic heterocycles. The summed E-state index contributed by atoms with van der Waals surface area (Å²) in [7, 11) is 0. The minimum absolute atomic E-state index is 0.0281. The van der Waals surface area contributed by atoms with Crippen molar-refractivity contribution in [2.75, 3.05) is 6.54 Å². The van der Waals surface area contributed by atoms with E-state index in [0.29, 0.717) is 27.3 Å². The summed E-state index contributed by atoms with van der Waals surface area (Å²) in [4.78, 5) is 26.0. The predicted molar refractivity (Wildman–Crippen MR) is 138 cm³/mol. The summed E-state index contributed by atoms with van der Waals surface area (Å²) < 4.78 is 7.95. The molecule has 34 heavy (non-hydrogen) atoms. The molecule has 0 aliphatic carbocycles. The van der Waals surface area contributed by atoms with Crippen molar-refractivity contribution in [3.63, 3.8) is 0 Å². The molecule has 0 bridgehead atoms. The van der Waals surface area contributed by atoms with E-state index in [1.807, 2.05) is 50.2 Å². The van der Waals surface area contributed by atoms with Crippen molar-refractivity contribution in [1.29, 1.82) is 0 Å². The molecule has 0 radical (unpaired) electrons. The van der Waals surface area contributed by atoms with Gasteiger partial charge in [-0.1, -0.05) is 35.2 Å². The van der Waals surface area contributed by atoms with Crippen LogP contribution in [0.25, 0.3) is 11.8 Å². The molecule has 4 rings (SSSR count).